The van der Waals surface area contributed by atoms with Crippen molar-refractivity contribution < 1.29 is 14.7 Å². The summed E-state index contributed by atoms with van der Waals surface area (Å²) in [6, 6.07) is -0.527. The van der Waals surface area contributed by atoms with E-state index in [0.29, 0.717) is 12.5 Å². The molecule has 0 aliphatic carbocycles. The number of nitrogens with zero attached hydrogens (tertiary/aromatic N) is 2. The van der Waals surface area contributed by atoms with Crippen molar-refractivity contribution >= 4 is 12.0 Å². The van der Waals surface area contributed by atoms with Crippen molar-refractivity contribution in [3.8, 4) is 0 Å². The molecule has 2 aliphatic heterocycles. The van der Waals surface area contributed by atoms with Crippen LogP contribution in [0.2, 0.25) is 0 Å². The minimum atomic E-state index is -0.938. The van der Waals surface area contributed by atoms with Gasteiger partial charge in [0.1, 0.15) is 6.04 Å². The van der Waals surface area contributed by atoms with Crippen molar-refractivity contribution in [2.45, 2.75) is 57.5 Å². The first kappa shape index (κ1) is 16.1. The zero-order chi connectivity index (χ0) is 15.2. The van der Waals surface area contributed by atoms with E-state index in [2.05, 4.69) is 10.2 Å². The van der Waals surface area contributed by atoms with Crippen molar-refractivity contribution in [1.82, 2.24) is 15.1 Å². The molecule has 6 nitrogen and oxygen atoms in total. The zero-order valence-corrected chi connectivity index (χ0v) is 12.9. The third-order valence-electron chi connectivity index (χ3n) is 4.55. The summed E-state index contributed by atoms with van der Waals surface area (Å²) in [7, 11) is 0. The normalized spacial score (nSPS) is 24.2. The Hall–Kier alpha value is -1.30. The smallest absolute Gasteiger partial charge is 0.326 e. The molecule has 0 aromatic carbocycles. The van der Waals surface area contributed by atoms with Gasteiger partial charge in [-0.3, -0.25) is 4.90 Å². The second kappa shape index (κ2) is 7.64. The summed E-state index contributed by atoms with van der Waals surface area (Å²) in [5.41, 5.74) is 0. The topological polar surface area (TPSA) is 72.9 Å². The number of carboxylic acid groups (broad SMARTS) is 1. The summed E-state index contributed by atoms with van der Waals surface area (Å²) < 4.78 is 0. The van der Waals surface area contributed by atoms with E-state index in [0.717, 1.165) is 45.4 Å². The predicted octanol–water partition coefficient (Wildman–Crippen LogP) is 1.51. The quantitative estimate of drug-likeness (QED) is 0.779. The van der Waals surface area contributed by atoms with Crippen LogP contribution in [0.15, 0.2) is 0 Å². The number of rotatable bonds is 6. The van der Waals surface area contributed by atoms with Gasteiger partial charge in [-0.25, -0.2) is 9.59 Å². The molecule has 120 valence electrons. The lowest BCUT2D eigenvalue weighted by atomic mass is 10.1. The first-order chi connectivity index (χ1) is 10.1. The highest BCUT2D eigenvalue weighted by Crippen LogP contribution is 2.20. The van der Waals surface area contributed by atoms with E-state index in [-0.39, 0.29) is 6.03 Å². The maximum atomic E-state index is 12.2. The molecule has 0 saturated carbocycles. The Bertz CT molecular complexity index is 369. The maximum Gasteiger partial charge on any atom is 0.326 e. The maximum absolute atomic E-state index is 12.2. The van der Waals surface area contributed by atoms with E-state index >= 15 is 0 Å². The van der Waals surface area contributed by atoms with E-state index in [1.807, 2.05) is 6.92 Å². The number of urea groups is 1. The highest BCUT2D eigenvalue weighted by atomic mass is 16.4. The van der Waals surface area contributed by atoms with Crippen molar-refractivity contribution in [2.24, 2.45) is 0 Å². The average molecular weight is 297 g/mol. The summed E-state index contributed by atoms with van der Waals surface area (Å²) in [6.45, 7) is 5.74. The van der Waals surface area contributed by atoms with Gasteiger partial charge in [0.2, 0.25) is 0 Å². The Balaban J connectivity index is 1.81. The molecule has 0 aromatic rings. The van der Waals surface area contributed by atoms with Crippen molar-refractivity contribution in [3.05, 3.63) is 0 Å². The third-order valence-corrected chi connectivity index (χ3v) is 4.55. The molecule has 2 fully saturated rings. The van der Waals surface area contributed by atoms with Gasteiger partial charge in [-0.2, -0.15) is 0 Å². The Morgan fingerprint density at radius 3 is 2.62 bits per heavy atom. The average Bonchev–Trinajstić information content (AvgIpc) is 3.12. The number of hydrogen-bond donors (Lipinski definition) is 2. The molecule has 2 amide bonds. The van der Waals surface area contributed by atoms with Crippen molar-refractivity contribution in [2.75, 3.05) is 26.2 Å². The minimum Gasteiger partial charge on any atom is -0.480 e. The Labute approximate surface area is 126 Å². The molecule has 0 aromatic heterocycles. The summed E-state index contributed by atoms with van der Waals surface area (Å²) in [5.74, 6) is -0.938. The predicted molar refractivity (Wildman–Crippen MR) is 80.3 cm³/mol. The van der Waals surface area contributed by atoms with E-state index in [4.69, 9.17) is 0 Å². The second-order valence-corrected chi connectivity index (χ2v) is 6.11. The largest absolute Gasteiger partial charge is 0.480 e. The van der Waals surface area contributed by atoms with Crippen LogP contribution in [0.25, 0.3) is 0 Å². The molecular formula is C15H27N3O3. The van der Waals surface area contributed by atoms with Gasteiger partial charge in [-0.1, -0.05) is 19.8 Å². The molecule has 2 saturated heterocycles. The van der Waals surface area contributed by atoms with Gasteiger partial charge in [0.15, 0.2) is 0 Å². The van der Waals surface area contributed by atoms with Gasteiger partial charge in [0, 0.05) is 19.1 Å². The Morgan fingerprint density at radius 1 is 1.29 bits per heavy atom. The number of unbranched alkanes of at least 4 members (excludes halogenated alkanes) is 1. The molecule has 2 heterocycles. The SMILES string of the molecule is CCCC[C@H](NC(=O)N1CCC(N2CCCC2)C1)C(=O)O. The van der Waals surface area contributed by atoms with Crippen LogP contribution >= 0.6 is 0 Å². The van der Waals surface area contributed by atoms with E-state index in [1.54, 1.807) is 4.90 Å². The van der Waals surface area contributed by atoms with Gasteiger partial charge in [-0.05, 0) is 38.8 Å². The summed E-state index contributed by atoms with van der Waals surface area (Å²) in [5, 5.41) is 11.8. The number of aliphatic carboxylic acids is 1. The third kappa shape index (κ3) is 4.33. The second-order valence-electron chi connectivity index (χ2n) is 6.11. The molecular weight excluding hydrogens is 270 g/mol. The molecule has 0 bridgehead atoms. The van der Waals surface area contributed by atoms with Crippen LogP contribution in [0.1, 0.15) is 45.4 Å². The van der Waals surface area contributed by atoms with Gasteiger partial charge in [0.05, 0.1) is 0 Å². The Kier molecular flexibility index (Phi) is 5.85. The number of amides is 2. The number of carbonyl (C=O) groups is 2. The van der Waals surface area contributed by atoms with E-state index in [9.17, 15) is 14.7 Å². The van der Waals surface area contributed by atoms with Gasteiger partial charge < -0.3 is 15.3 Å². The van der Waals surface area contributed by atoms with Gasteiger partial charge >= 0.3 is 12.0 Å². The van der Waals surface area contributed by atoms with Crippen LogP contribution in [0.5, 0.6) is 0 Å². The molecule has 0 spiro atoms. The van der Waals surface area contributed by atoms with E-state index in [1.165, 1.54) is 12.8 Å². The lowest BCUT2D eigenvalue weighted by molar-refractivity contribution is -0.139. The summed E-state index contributed by atoms with van der Waals surface area (Å²) >= 11 is 0. The minimum absolute atomic E-state index is 0.222. The first-order valence-electron chi connectivity index (χ1n) is 8.14. The molecule has 2 atom stereocenters. The molecule has 1 unspecified atom stereocenters. The highest BCUT2D eigenvalue weighted by Gasteiger charge is 2.32. The van der Waals surface area contributed by atoms with Crippen LogP contribution in [0, 0.1) is 0 Å². The molecule has 21 heavy (non-hydrogen) atoms. The number of nitrogens with one attached hydrogen (secondary N) is 1. The zero-order valence-electron chi connectivity index (χ0n) is 12.9. The van der Waals surface area contributed by atoms with Crippen LogP contribution in [-0.4, -0.2) is 65.2 Å². The monoisotopic (exact) mass is 297 g/mol. The standard InChI is InChI=1S/C15H27N3O3/c1-2-3-6-13(14(19)20)16-15(21)18-10-7-12(11-18)17-8-4-5-9-17/h12-13H,2-11H2,1H3,(H,16,21)(H,19,20)/t12?,13-/m0/s1. The fourth-order valence-electron chi connectivity index (χ4n) is 3.24. The number of likely N-dealkylation sites (tertiary alicyclic amines) is 2. The van der Waals surface area contributed by atoms with E-state index < -0.39 is 12.0 Å². The first-order valence-corrected chi connectivity index (χ1v) is 8.14. The highest BCUT2D eigenvalue weighted by molar-refractivity contribution is 5.82. The van der Waals surface area contributed by atoms with Gasteiger partial charge in [-0.15, -0.1) is 0 Å². The van der Waals surface area contributed by atoms with Crippen LogP contribution in [-0.2, 0) is 4.79 Å². The number of hydrogen-bond acceptors (Lipinski definition) is 3. The van der Waals surface area contributed by atoms with Crippen molar-refractivity contribution in [3.63, 3.8) is 0 Å². The molecule has 6 heteroatoms. The van der Waals surface area contributed by atoms with Gasteiger partial charge in [0.25, 0.3) is 0 Å². The fraction of sp³-hybridized carbons (Fsp3) is 0.867. The molecule has 0 radical (unpaired) electrons. The van der Waals surface area contributed by atoms with Crippen LogP contribution < -0.4 is 5.32 Å². The molecule has 2 rings (SSSR count). The van der Waals surface area contributed by atoms with Crippen LogP contribution in [0.4, 0.5) is 4.79 Å². The van der Waals surface area contributed by atoms with Crippen molar-refractivity contribution in [1.29, 1.82) is 0 Å². The summed E-state index contributed by atoms with van der Waals surface area (Å²) in [4.78, 5) is 27.6. The number of carbonyl (C=O) groups excluding carboxylic acids is 1. The molecule has 2 aliphatic rings. The lowest BCUT2D eigenvalue weighted by Crippen LogP contribution is -2.48. The number of carboxylic acids is 1. The fourth-order valence-corrected chi connectivity index (χ4v) is 3.24. The lowest BCUT2D eigenvalue weighted by Gasteiger charge is -2.24. The Morgan fingerprint density at radius 2 is 2.00 bits per heavy atom. The van der Waals surface area contributed by atoms with Crippen LogP contribution in [0.3, 0.4) is 0 Å². The molecule has 2 N–H and O–H groups in total. The summed E-state index contributed by atoms with van der Waals surface area (Å²) in [6.07, 6.45) is 5.75.